The fourth-order valence-corrected chi connectivity index (χ4v) is 8.67. The van der Waals surface area contributed by atoms with E-state index in [2.05, 4.69) is 229 Å². The van der Waals surface area contributed by atoms with E-state index in [-0.39, 0.29) is 0 Å². The summed E-state index contributed by atoms with van der Waals surface area (Å²) in [7, 11) is 0. The van der Waals surface area contributed by atoms with Crippen LogP contribution in [0.15, 0.2) is 229 Å². The third-order valence-corrected chi connectivity index (χ3v) is 11.5. The molecule has 272 valence electrons. The third kappa shape index (κ3) is 5.82. The lowest BCUT2D eigenvalue weighted by atomic mass is 9.91. The summed E-state index contributed by atoms with van der Waals surface area (Å²) in [5, 5.41) is 6.96. The van der Waals surface area contributed by atoms with Crippen LogP contribution in [0.3, 0.4) is 0 Å². The van der Waals surface area contributed by atoms with Crippen molar-refractivity contribution in [1.29, 1.82) is 0 Å². The minimum absolute atomic E-state index is 0.866. The minimum Gasteiger partial charge on any atom is -0.455 e. The maximum Gasteiger partial charge on any atom is 0.143 e. The molecule has 0 aliphatic heterocycles. The van der Waals surface area contributed by atoms with Crippen molar-refractivity contribution in [3.05, 3.63) is 224 Å². The van der Waals surface area contributed by atoms with Gasteiger partial charge in [-0.15, -0.1) is 0 Å². The highest BCUT2D eigenvalue weighted by Gasteiger charge is 2.21. The molecule has 0 atom stereocenters. The molecule has 0 amide bonds. The van der Waals surface area contributed by atoms with Crippen molar-refractivity contribution in [2.45, 2.75) is 0 Å². The second-order valence-corrected chi connectivity index (χ2v) is 14.9. The zero-order chi connectivity index (χ0) is 38.4. The normalized spacial score (nSPS) is 11.4. The Hall–Kier alpha value is -7.68. The van der Waals surface area contributed by atoms with Gasteiger partial charge in [0.2, 0.25) is 0 Å². The molecule has 0 saturated carbocycles. The first-order valence-corrected chi connectivity index (χ1v) is 19.8. The number of furan rings is 1. The SMILES string of the molecule is c1ccc(-c2ccc(-c3ccc(N(c4ccc(-c5cccc6ccccc56)cc4)c4cccc5oc6c7ccccc7ccc6c45)cc3)cc2-c2ccccc2)cc1. The largest absolute Gasteiger partial charge is 0.455 e. The molecule has 2 heteroatoms. The van der Waals surface area contributed by atoms with Crippen molar-refractivity contribution in [3.63, 3.8) is 0 Å². The van der Waals surface area contributed by atoms with Gasteiger partial charge in [0.25, 0.3) is 0 Å². The Morgan fingerprint density at radius 3 is 1.59 bits per heavy atom. The lowest BCUT2D eigenvalue weighted by Crippen LogP contribution is -2.10. The third-order valence-electron chi connectivity index (χ3n) is 11.5. The maximum absolute atomic E-state index is 6.69. The van der Waals surface area contributed by atoms with Gasteiger partial charge in [0.05, 0.1) is 11.1 Å². The smallest absolute Gasteiger partial charge is 0.143 e. The molecule has 58 heavy (non-hydrogen) atoms. The average molecular weight is 740 g/mol. The average Bonchev–Trinajstić information content (AvgIpc) is 3.70. The summed E-state index contributed by atoms with van der Waals surface area (Å²) in [6.07, 6.45) is 0. The van der Waals surface area contributed by atoms with Gasteiger partial charge in [0, 0.05) is 22.1 Å². The second-order valence-electron chi connectivity index (χ2n) is 14.9. The summed E-state index contributed by atoms with van der Waals surface area (Å²) in [6.45, 7) is 0. The molecule has 2 nitrogen and oxygen atoms in total. The molecule has 0 radical (unpaired) electrons. The van der Waals surface area contributed by atoms with E-state index in [9.17, 15) is 0 Å². The number of hydrogen-bond acceptors (Lipinski definition) is 2. The van der Waals surface area contributed by atoms with E-state index in [0.717, 1.165) is 50.0 Å². The molecule has 0 unspecified atom stereocenters. The van der Waals surface area contributed by atoms with Crippen molar-refractivity contribution >= 4 is 60.5 Å². The van der Waals surface area contributed by atoms with Gasteiger partial charge in [-0.05, 0) is 109 Å². The Morgan fingerprint density at radius 1 is 0.310 bits per heavy atom. The quantitative estimate of drug-likeness (QED) is 0.162. The first kappa shape index (κ1) is 33.6. The molecule has 0 fully saturated rings. The molecule has 11 rings (SSSR count). The van der Waals surface area contributed by atoms with E-state index in [1.807, 2.05) is 0 Å². The first-order valence-electron chi connectivity index (χ1n) is 19.8. The molecular weight excluding hydrogens is 703 g/mol. The van der Waals surface area contributed by atoms with Gasteiger partial charge in [-0.3, -0.25) is 0 Å². The summed E-state index contributed by atoms with van der Waals surface area (Å²) in [6, 6.07) is 80.6. The highest BCUT2D eigenvalue weighted by Crippen LogP contribution is 2.45. The number of hydrogen-bond donors (Lipinski definition) is 0. The second kappa shape index (κ2) is 14.1. The van der Waals surface area contributed by atoms with Crippen LogP contribution in [-0.2, 0) is 0 Å². The molecule has 1 aromatic heterocycles. The summed E-state index contributed by atoms with van der Waals surface area (Å²) in [5.74, 6) is 0. The van der Waals surface area contributed by atoms with E-state index < -0.39 is 0 Å². The molecule has 0 bridgehead atoms. The fraction of sp³-hybridized carbons (Fsp3) is 0. The van der Waals surface area contributed by atoms with Crippen molar-refractivity contribution in [3.8, 4) is 44.5 Å². The van der Waals surface area contributed by atoms with Gasteiger partial charge in [-0.2, -0.15) is 0 Å². The molecule has 10 aromatic carbocycles. The highest BCUT2D eigenvalue weighted by molar-refractivity contribution is 6.19. The van der Waals surface area contributed by atoms with Gasteiger partial charge in [0.15, 0.2) is 0 Å². The van der Waals surface area contributed by atoms with Crippen molar-refractivity contribution in [2.24, 2.45) is 0 Å². The minimum atomic E-state index is 0.866. The van der Waals surface area contributed by atoms with Gasteiger partial charge >= 0.3 is 0 Å². The van der Waals surface area contributed by atoms with Crippen LogP contribution in [-0.4, -0.2) is 0 Å². The van der Waals surface area contributed by atoms with Gasteiger partial charge < -0.3 is 9.32 Å². The zero-order valence-electron chi connectivity index (χ0n) is 31.7. The van der Waals surface area contributed by atoms with Gasteiger partial charge in [0.1, 0.15) is 11.2 Å². The van der Waals surface area contributed by atoms with E-state index in [1.54, 1.807) is 0 Å². The Morgan fingerprint density at radius 2 is 0.862 bits per heavy atom. The van der Waals surface area contributed by atoms with E-state index in [0.29, 0.717) is 0 Å². The van der Waals surface area contributed by atoms with Crippen LogP contribution in [0.1, 0.15) is 0 Å². The van der Waals surface area contributed by atoms with Gasteiger partial charge in [-0.1, -0.05) is 176 Å². The lowest BCUT2D eigenvalue weighted by Gasteiger charge is -2.27. The number of rotatable bonds is 7. The summed E-state index contributed by atoms with van der Waals surface area (Å²) in [4.78, 5) is 2.37. The lowest BCUT2D eigenvalue weighted by molar-refractivity contribution is 0.672. The van der Waals surface area contributed by atoms with Crippen LogP contribution < -0.4 is 4.90 Å². The molecule has 11 aromatic rings. The number of anilines is 3. The maximum atomic E-state index is 6.69. The van der Waals surface area contributed by atoms with E-state index >= 15 is 0 Å². The van der Waals surface area contributed by atoms with E-state index in [4.69, 9.17) is 4.42 Å². The van der Waals surface area contributed by atoms with E-state index in [1.165, 1.54) is 55.1 Å². The topological polar surface area (TPSA) is 16.4 Å². The Balaban J connectivity index is 1.06. The number of nitrogens with zero attached hydrogens (tertiary/aromatic N) is 1. The summed E-state index contributed by atoms with van der Waals surface area (Å²) < 4.78 is 6.69. The van der Waals surface area contributed by atoms with Crippen molar-refractivity contribution in [2.75, 3.05) is 4.90 Å². The predicted molar refractivity (Wildman–Crippen MR) is 245 cm³/mol. The zero-order valence-corrected chi connectivity index (χ0v) is 31.7. The van der Waals surface area contributed by atoms with Crippen molar-refractivity contribution < 1.29 is 4.42 Å². The molecule has 0 aliphatic rings. The molecular formula is C56H37NO. The summed E-state index contributed by atoms with van der Waals surface area (Å²) >= 11 is 0. The Kier molecular flexibility index (Phi) is 8.19. The molecule has 1 heterocycles. The first-order chi connectivity index (χ1) is 28.8. The van der Waals surface area contributed by atoms with Crippen LogP contribution in [0.5, 0.6) is 0 Å². The van der Waals surface area contributed by atoms with Crippen LogP contribution in [0.2, 0.25) is 0 Å². The monoisotopic (exact) mass is 739 g/mol. The van der Waals surface area contributed by atoms with Crippen LogP contribution in [0.4, 0.5) is 17.1 Å². The molecule has 0 saturated heterocycles. The fourth-order valence-electron chi connectivity index (χ4n) is 8.67. The molecule has 0 aliphatic carbocycles. The predicted octanol–water partition coefficient (Wildman–Crippen LogP) is 16.0. The Labute approximate surface area is 337 Å². The molecule has 0 spiro atoms. The standard InChI is InChI=1S/C56H37NO/c1-3-13-39(14-4-1)49-35-30-44(37-52(49)41-15-5-2-6-16-41)38-25-31-45(32-26-38)57(46-33-27-43(28-34-46)48-22-11-19-40-17-7-9-20-47(40)48)53-23-12-24-54-55(53)51-36-29-42-18-8-10-21-50(42)56(51)58-54/h1-37H. The number of benzene rings is 10. The van der Waals surface area contributed by atoms with Crippen LogP contribution in [0.25, 0.3) is 88.0 Å². The Bertz CT molecular complexity index is 3250. The van der Waals surface area contributed by atoms with Crippen LogP contribution in [0, 0.1) is 0 Å². The van der Waals surface area contributed by atoms with Crippen molar-refractivity contribution in [1.82, 2.24) is 0 Å². The summed E-state index contributed by atoms with van der Waals surface area (Å²) in [5.41, 5.74) is 14.6. The van der Waals surface area contributed by atoms with Gasteiger partial charge in [-0.25, -0.2) is 0 Å². The molecule has 0 N–H and O–H groups in total. The number of fused-ring (bicyclic) bond motifs is 6. The highest BCUT2D eigenvalue weighted by atomic mass is 16.3. The van der Waals surface area contributed by atoms with Crippen LogP contribution >= 0.6 is 0 Å².